The van der Waals surface area contributed by atoms with Crippen LogP contribution in [0.5, 0.6) is 0 Å². The zero-order valence-electron chi connectivity index (χ0n) is 9.33. The molecule has 17 heavy (non-hydrogen) atoms. The molecule has 0 aliphatic heterocycles. The first-order valence-electron chi connectivity index (χ1n) is 5.01. The third kappa shape index (κ3) is 3.30. The fourth-order valence-electron chi connectivity index (χ4n) is 1.51. The SMILES string of the molecule is COC(=O)c1c(CCl)cccc1C(=O)CCBr. The zero-order valence-corrected chi connectivity index (χ0v) is 11.7. The lowest BCUT2D eigenvalue weighted by Crippen LogP contribution is -2.13. The molecule has 5 heteroatoms. The number of methoxy groups -OCH3 is 1. The van der Waals surface area contributed by atoms with Gasteiger partial charge in [0.05, 0.1) is 12.7 Å². The van der Waals surface area contributed by atoms with Crippen molar-refractivity contribution in [1.29, 1.82) is 0 Å². The first kappa shape index (κ1) is 14.2. The third-order valence-electron chi connectivity index (χ3n) is 2.31. The molecular formula is C12H12BrClO3. The molecule has 0 unspecified atom stereocenters. The average molecular weight is 320 g/mol. The number of Topliss-reactive ketones (excluding diaryl/α,β-unsaturated/α-hetero) is 1. The second-order valence-corrected chi connectivity index (χ2v) is 4.39. The highest BCUT2D eigenvalue weighted by molar-refractivity contribution is 9.09. The highest BCUT2D eigenvalue weighted by atomic mass is 79.9. The van der Waals surface area contributed by atoms with Crippen LogP contribution in [0.4, 0.5) is 0 Å². The van der Waals surface area contributed by atoms with Gasteiger partial charge in [-0.1, -0.05) is 34.1 Å². The number of carbonyl (C=O) groups excluding carboxylic acids is 2. The summed E-state index contributed by atoms with van der Waals surface area (Å²) in [5.41, 5.74) is 1.25. The van der Waals surface area contributed by atoms with Crippen molar-refractivity contribution in [2.24, 2.45) is 0 Å². The van der Waals surface area contributed by atoms with E-state index in [-0.39, 0.29) is 17.2 Å². The van der Waals surface area contributed by atoms with E-state index in [0.29, 0.717) is 22.9 Å². The van der Waals surface area contributed by atoms with E-state index < -0.39 is 5.97 Å². The minimum absolute atomic E-state index is 0.103. The fraction of sp³-hybridized carbons (Fsp3) is 0.333. The number of halogens is 2. The lowest BCUT2D eigenvalue weighted by atomic mass is 9.98. The minimum atomic E-state index is -0.529. The molecule has 1 rings (SSSR count). The van der Waals surface area contributed by atoms with Gasteiger partial charge in [-0.25, -0.2) is 4.79 Å². The summed E-state index contributed by atoms with van der Waals surface area (Å²) in [4.78, 5) is 23.6. The molecule has 0 radical (unpaired) electrons. The van der Waals surface area contributed by atoms with Gasteiger partial charge in [0.1, 0.15) is 0 Å². The maximum Gasteiger partial charge on any atom is 0.338 e. The van der Waals surface area contributed by atoms with Gasteiger partial charge in [0.25, 0.3) is 0 Å². The number of ether oxygens (including phenoxy) is 1. The normalized spacial score (nSPS) is 10.1. The number of hydrogen-bond donors (Lipinski definition) is 0. The quantitative estimate of drug-likeness (QED) is 0.475. The molecule has 0 N–H and O–H groups in total. The number of ketones is 1. The van der Waals surface area contributed by atoms with Crippen LogP contribution in [0.25, 0.3) is 0 Å². The molecule has 0 heterocycles. The Bertz CT molecular complexity index is 432. The van der Waals surface area contributed by atoms with Gasteiger partial charge in [-0.15, -0.1) is 11.6 Å². The molecule has 1 aromatic rings. The van der Waals surface area contributed by atoms with Crippen LogP contribution in [-0.2, 0) is 10.6 Å². The molecule has 0 spiro atoms. The van der Waals surface area contributed by atoms with Crippen molar-refractivity contribution in [2.75, 3.05) is 12.4 Å². The van der Waals surface area contributed by atoms with E-state index in [4.69, 9.17) is 11.6 Å². The third-order valence-corrected chi connectivity index (χ3v) is 2.99. The maximum absolute atomic E-state index is 11.9. The van der Waals surface area contributed by atoms with Crippen LogP contribution in [0.1, 0.15) is 32.7 Å². The molecule has 0 saturated heterocycles. The molecule has 92 valence electrons. The molecule has 0 amide bonds. The molecular weight excluding hydrogens is 307 g/mol. The van der Waals surface area contributed by atoms with Crippen molar-refractivity contribution >= 4 is 39.3 Å². The summed E-state index contributed by atoms with van der Waals surface area (Å²) in [6.07, 6.45) is 0.329. The van der Waals surface area contributed by atoms with E-state index in [1.54, 1.807) is 18.2 Å². The monoisotopic (exact) mass is 318 g/mol. The standard InChI is InChI=1S/C12H12BrClO3/c1-17-12(16)11-8(7-14)3-2-4-9(11)10(15)5-6-13/h2-4H,5-7H2,1H3. The Morgan fingerprint density at radius 3 is 2.65 bits per heavy atom. The predicted octanol–water partition coefficient (Wildman–Crippen LogP) is 3.18. The summed E-state index contributed by atoms with van der Waals surface area (Å²) in [5, 5.41) is 0.553. The molecule has 0 aromatic heterocycles. The van der Waals surface area contributed by atoms with Gasteiger partial charge in [0.2, 0.25) is 0 Å². The molecule has 0 fully saturated rings. The lowest BCUT2D eigenvalue weighted by molar-refractivity contribution is 0.0596. The van der Waals surface area contributed by atoms with E-state index in [0.717, 1.165) is 0 Å². The van der Waals surface area contributed by atoms with E-state index in [1.807, 2.05) is 0 Å². The Morgan fingerprint density at radius 1 is 1.41 bits per heavy atom. The molecule has 0 aliphatic rings. The minimum Gasteiger partial charge on any atom is -0.465 e. The average Bonchev–Trinajstić information content (AvgIpc) is 2.37. The maximum atomic E-state index is 11.9. The summed E-state index contributed by atoms with van der Waals surface area (Å²) in [5.74, 6) is -0.465. The van der Waals surface area contributed by atoms with Gasteiger partial charge in [-0.05, 0) is 5.56 Å². The number of alkyl halides is 2. The topological polar surface area (TPSA) is 43.4 Å². The summed E-state index contributed by atoms with van der Waals surface area (Å²) in [6, 6.07) is 5.04. The summed E-state index contributed by atoms with van der Waals surface area (Å²) < 4.78 is 4.69. The smallest absolute Gasteiger partial charge is 0.338 e. The Labute approximate surface area is 113 Å². The molecule has 0 bridgehead atoms. The summed E-state index contributed by atoms with van der Waals surface area (Å²) in [6.45, 7) is 0. The van der Waals surface area contributed by atoms with Crippen molar-refractivity contribution < 1.29 is 14.3 Å². The Morgan fingerprint density at radius 2 is 2.12 bits per heavy atom. The van der Waals surface area contributed by atoms with Gasteiger partial charge in [0.15, 0.2) is 5.78 Å². The van der Waals surface area contributed by atoms with Crippen molar-refractivity contribution in [3.05, 3.63) is 34.9 Å². The summed E-state index contributed by atoms with van der Waals surface area (Å²) >= 11 is 8.96. The predicted molar refractivity (Wildman–Crippen MR) is 70.1 cm³/mol. The number of hydrogen-bond acceptors (Lipinski definition) is 3. The van der Waals surface area contributed by atoms with Crippen LogP contribution in [0.3, 0.4) is 0 Å². The van der Waals surface area contributed by atoms with Crippen LogP contribution in [0, 0.1) is 0 Å². The van der Waals surface area contributed by atoms with Crippen molar-refractivity contribution in [2.45, 2.75) is 12.3 Å². The van der Waals surface area contributed by atoms with Crippen LogP contribution < -0.4 is 0 Å². The molecule has 0 saturated carbocycles. The largest absolute Gasteiger partial charge is 0.465 e. The molecule has 0 atom stereocenters. The molecule has 3 nitrogen and oxygen atoms in total. The first-order valence-corrected chi connectivity index (χ1v) is 6.66. The van der Waals surface area contributed by atoms with Gasteiger partial charge in [0, 0.05) is 23.2 Å². The second-order valence-electron chi connectivity index (χ2n) is 3.33. The van der Waals surface area contributed by atoms with Gasteiger partial charge >= 0.3 is 5.97 Å². The molecule has 1 aromatic carbocycles. The van der Waals surface area contributed by atoms with E-state index in [2.05, 4.69) is 20.7 Å². The zero-order chi connectivity index (χ0) is 12.8. The van der Waals surface area contributed by atoms with Crippen molar-refractivity contribution in [3.63, 3.8) is 0 Å². The fourth-order valence-corrected chi connectivity index (χ4v) is 2.09. The van der Waals surface area contributed by atoms with Crippen LogP contribution in [0.15, 0.2) is 18.2 Å². The number of rotatable bonds is 5. The first-order chi connectivity index (χ1) is 8.15. The Kier molecular flexibility index (Phi) is 5.65. The Hall–Kier alpha value is -0.870. The highest BCUT2D eigenvalue weighted by Crippen LogP contribution is 2.20. The van der Waals surface area contributed by atoms with E-state index in [9.17, 15) is 9.59 Å². The Balaban J connectivity index is 3.28. The van der Waals surface area contributed by atoms with Gasteiger partial charge in [-0.3, -0.25) is 4.79 Å². The summed E-state index contributed by atoms with van der Waals surface area (Å²) in [7, 11) is 1.28. The van der Waals surface area contributed by atoms with Crippen LogP contribution in [0.2, 0.25) is 0 Å². The number of esters is 1. The van der Waals surface area contributed by atoms with Crippen molar-refractivity contribution in [3.8, 4) is 0 Å². The molecule has 0 aliphatic carbocycles. The second kappa shape index (κ2) is 6.77. The van der Waals surface area contributed by atoms with Crippen molar-refractivity contribution in [1.82, 2.24) is 0 Å². The lowest BCUT2D eigenvalue weighted by Gasteiger charge is -2.10. The van der Waals surface area contributed by atoms with Crippen LogP contribution >= 0.6 is 27.5 Å². The number of benzene rings is 1. The number of carbonyl (C=O) groups is 2. The highest BCUT2D eigenvalue weighted by Gasteiger charge is 2.20. The van der Waals surface area contributed by atoms with E-state index >= 15 is 0 Å². The van der Waals surface area contributed by atoms with Gasteiger partial charge in [-0.2, -0.15) is 0 Å². The van der Waals surface area contributed by atoms with Gasteiger partial charge < -0.3 is 4.74 Å². The van der Waals surface area contributed by atoms with E-state index in [1.165, 1.54) is 7.11 Å². The van der Waals surface area contributed by atoms with Crippen LogP contribution in [-0.4, -0.2) is 24.2 Å².